The normalized spacial score (nSPS) is 27.1. The molecule has 5 rings (SSSR count). The first kappa shape index (κ1) is 13.2. The van der Waals surface area contributed by atoms with Gasteiger partial charge in [0.15, 0.2) is 0 Å². The second-order valence-corrected chi connectivity index (χ2v) is 6.74. The first-order chi connectivity index (χ1) is 10.3. The lowest BCUT2D eigenvalue weighted by Gasteiger charge is -2.36. The van der Waals surface area contributed by atoms with Gasteiger partial charge in [0.2, 0.25) is 0 Å². The van der Waals surface area contributed by atoms with Crippen LogP contribution in [-0.4, -0.2) is 47.5 Å². The van der Waals surface area contributed by atoms with Crippen molar-refractivity contribution in [1.29, 1.82) is 0 Å². The van der Waals surface area contributed by atoms with Gasteiger partial charge < -0.3 is 4.90 Å². The van der Waals surface area contributed by atoms with Gasteiger partial charge in [-0.25, -0.2) is 0 Å². The summed E-state index contributed by atoms with van der Waals surface area (Å²) in [5.41, 5.74) is 2.54. The predicted molar refractivity (Wildman–Crippen MR) is 86.2 cm³/mol. The molecule has 0 aliphatic carbocycles. The molecule has 3 nitrogen and oxygen atoms in total. The van der Waals surface area contributed by atoms with Crippen LogP contribution in [0.3, 0.4) is 0 Å². The predicted octanol–water partition coefficient (Wildman–Crippen LogP) is 2.76. The largest absolute Gasteiger partial charge is 0.304 e. The Labute approximate surface area is 126 Å². The molecule has 0 radical (unpaired) electrons. The van der Waals surface area contributed by atoms with Crippen LogP contribution < -0.4 is 0 Å². The lowest BCUT2D eigenvalue weighted by Crippen LogP contribution is -2.43. The molecule has 3 fully saturated rings. The molecule has 0 amide bonds. The minimum Gasteiger partial charge on any atom is -0.304 e. The number of benzene rings is 1. The number of hydrogen-bond acceptors (Lipinski definition) is 3. The molecule has 2 aromatic rings. The third kappa shape index (κ3) is 2.56. The molecule has 0 N–H and O–H groups in total. The van der Waals surface area contributed by atoms with E-state index in [2.05, 4.69) is 52.2 Å². The van der Waals surface area contributed by atoms with E-state index in [1.54, 1.807) is 0 Å². The third-order valence-corrected chi connectivity index (χ3v) is 5.12. The zero-order valence-corrected chi connectivity index (χ0v) is 12.7. The quantitative estimate of drug-likeness (QED) is 0.844. The Balaban J connectivity index is 1.63. The van der Waals surface area contributed by atoms with Crippen molar-refractivity contribution in [2.75, 3.05) is 26.7 Å². The summed E-state index contributed by atoms with van der Waals surface area (Å²) < 4.78 is 0. The molecule has 2 bridgehead atoms. The molecule has 3 saturated heterocycles. The van der Waals surface area contributed by atoms with Crippen molar-refractivity contribution < 1.29 is 0 Å². The molecule has 1 aromatic heterocycles. The highest BCUT2D eigenvalue weighted by Crippen LogP contribution is 2.29. The van der Waals surface area contributed by atoms with Crippen LogP contribution >= 0.6 is 0 Å². The molecule has 4 heterocycles. The molecule has 0 unspecified atom stereocenters. The van der Waals surface area contributed by atoms with Crippen LogP contribution in [0.25, 0.3) is 10.9 Å². The molecule has 2 atom stereocenters. The fourth-order valence-corrected chi connectivity index (χ4v) is 4.12. The number of rotatable bonds is 2. The van der Waals surface area contributed by atoms with Gasteiger partial charge in [-0.1, -0.05) is 18.2 Å². The van der Waals surface area contributed by atoms with E-state index in [0.717, 1.165) is 24.0 Å². The Bertz CT molecular complexity index is 634. The number of pyridine rings is 1. The minimum atomic E-state index is 0.723. The number of para-hydroxylation sites is 1. The molecule has 3 aliphatic rings. The standard InChI is InChI=1S/C18H23N3/c1-20-10-14-6-7-16(13-20)21(11-14)12-15-8-9-19-18-5-3-2-4-17(15)18/h2-5,8-9,14,16H,6-7,10-13H2,1H3/t14-,16+/m1/s1. The third-order valence-electron chi connectivity index (χ3n) is 5.12. The number of fused-ring (bicyclic) bond motifs is 5. The molecular formula is C18H23N3. The highest BCUT2D eigenvalue weighted by Gasteiger charge is 2.33. The van der Waals surface area contributed by atoms with Crippen LogP contribution in [0.1, 0.15) is 18.4 Å². The average molecular weight is 281 g/mol. The van der Waals surface area contributed by atoms with Crippen molar-refractivity contribution in [2.45, 2.75) is 25.4 Å². The second kappa shape index (κ2) is 5.39. The Hall–Kier alpha value is -1.45. The summed E-state index contributed by atoms with van der Waals surface area (Å²) in [6.45, 7) is 4.81. The van der Waals surface area contributed by atoms with Crippen molar-refractivity contribution in [2.24, 2.45) is 5.92 Å². The van der Waals surface area contributed by atoms with E-state index in [1.807, 2.05) is 6.20 Å². The van der Waals surface area contributed by atoms with Crippen LogP contribution in [0, 0.1) is 5.92 Å². The fraction of sp³-hybridized carbons (Fsp3) is 0.500. The maximum absolute atomic E-state index is 4.49. The van der Waals surface area contributed by atoms with Gasteiger partial charge in [0.05, 0.1) is 5.52 Å². The molecule has 0 spiro atoms. The van der Waals surface area contributed by atoms with E-state index in [4.69, 9.17) is 0 Å². The number of likely N-dealkylation sites (N-methyl/N-ethyl adjacent to an activating group) is 1. The Morgan fingerprint density at radius 3 is 2.95 bits per heavy atom. The van der Waals surface area contributed by atoms with Gasteiger partial charge in [0.1, 0.15) is 0 Å². The second-order valence-electron chi connectivity index (χ2n) is 6.74. The summed E-state index contributed by atoms with van der Waals surface area (Å²) in [6, 6.07) is 11.4. The van der Waals surface area contributed by atoms with Crippen molar-refractivity contribution in [1.82, 2.24) is 14.8 Å². The van der Waals surface area contributed by atoms with Crippen molar-refractivity contribution in [3.63, 3.8) is 0 Å². The average Bonchev–Trinajstić information content (AvgIpc) is 2.76. The fourth-order valence-electron chi connectivity index (χ4n) is 4.12. The van der Waals surface area contributed by atoms with Crippen molar-refractivity contribution in [3.05, 3.63) is 42.1 Å². The van der Waals surface area contributed by atoms with E-state index in [9.17, 15) is 0 Å². The molecule has 3 aliphatic heterocycles. The summed E-state index contributed by atoms with van der Waals surface area (Å²) >= 11 is 0. The topological polar surface area (TPSA) is 19.4 Å². The van der Waals surface area contributed by atoms with Crippen LogP contribution in [0.4, 0.5) is 0 Å². The summed E-state index contributed by atoms with van der Waals surface area (Å²) in [6.07, 6.45) is 4.72. The summed E-state index contributed by atoms with van der Waals surface area (Å²) in [4.78, 5) is 9.72. The van der Waals surface area contributed by atoms with Crippen LogP contribution in [0.15, 0.2) is 36.5 Å². The summed E-state index contributed by atoms with van der Waals surface area (Å²) in [5.74, 6) is 0.849. The molecule has 110 valence electrons. The molecular weight excluding hydrogens is 258 g/mol. The maximum Gasteiger partial charge on any atom is 0.0705 e. The Morgan fingerprint density at radius 1 is 1.10 bits per heavy atom. The van der Waals surface area contributed by atoms with E-state index in [0.29, 0.717) is 0 Å². The van der Waals surface area contributed by atoms with E-state index in [-0.39, 0.29) is 0 Å². The monoisotopic (exact) mass is 281 g/mol. The molecule has 3 heteroatoms. The lowest BCUT2D eigenvalue weighted by atomic mass is 9.94. The van der Waals surface area contributed by atoms with Gasteiger partial charge in [-0.3, -0.25) is 9.88 Å². The Morgan fingerprint density at radius 2 is 2.00 bits per heavy atom. The molecule has 21 heavy (non-hydrogen) atoms. The van der Waals surface area contributed by atoms with Crippen molar-refractivity contribution >= 4 is 10.9 Å². The molecule has 1 aromatic carbocycles. The van der Waals surface area contributed by atoms with E-state index < -0.39 is 0 Å². The highest BCUT2D eigenvalue weighted by atomic mass is 15.2. The van der Waals surface area contributed by atoms with Gasteiger partial charge in [-0.2, -0.15) is 0 Å². The van der Waals surface area contributed by atoms with Crippen molar-refractivity contribution in [3.8, 4) is 0 Å². The zero-order valence-electron chi connectivity index (χ0n) is 12.7. The van der Waals surface area contributed by atoms with E-state index >= 15 is 0 Å². The first-order valence-corrected chi connectivity index (χ1v) is 8.05. The van der Waals surface area contributed by atoms with Gasteiger partial charge >= 0.3 is 0 Å². The lowest BCUT2D eigenvalue weighted by molar-refractivity contribution is 0.125. The number of aromatic nitrogens is 1. The molecule has 0 saturated carbocycles. The van der Waals surface area contributed by atoms with Crippen LogP contribution in [-0.2, 0) is 6.54 Å². The van der Waals surface area contributed by atoms with Gasteiger partial charge in [-0.15, -0.1) is 0 Å². The van der Waals surface area contributed by atoms with Crippen LogP contribution in [0.5, 0.6) is 0 Å². The number of piperidine rings is 1. The van der Waals surface area contributed by atoms with E-state index in [1.165, 1.54) is 43.4 Å². The van der Waals surface area contributed by atoms with Gasteiger partial charge in [0.25, 0.3) is 0 Å². The number of hydrogen-bond donors (Lipinski definition) is 0. The Kier molecular flexibility index (Phi) is 3.40. The smallest absolute Gasteiger partial charge is 0.0705 e. The first-order valence-electron chi connectivity index (χ1n) is 8.05. The zero-order chi connectivity index (χ0) is 14.2. The summed E-state index contributed by atoms with van der Waals surface area (Å²) in [5, 5.41) is 1.31. The highest BCUT2D eigenvalue weighted by molar-refractivity contribution is 5.81. The summed E-state index contributed by atoms with van der Waals surface area (Å²) in [7, 11) is 2.27. The number of nitrogens with zero attached hydrogens (tertiary/aromatic N) is 3. The maximum atomic E-state index is 4.49. The van der Waals surface area contributed by atoms with Gasteiger partial charge in [0, 0.05) is 43.8 Å². The van der Waals surface area contributed by atoms with Crippen LogP contribution in [0.2, 0.25) is 0 Å². The van der Waals surface area contributed by atoms with Gasteiger partial charge in [-0.05, 0) is 43.5 Å². The SMILES string of the molecule is CN1C[C@H]2CC[C@@H](C1)N(Cc1ccnc3ccccc13)C2. The minimum absolute atomic E-state index is 0.723.